The number of aliphatic hydroxyl groups is 1. The summed E-state index contributed by atoms with van der Waals surface area (Å²) < 4.78 is 13.3. The SMILES string of the molecule is CCC(C)(CCO)NC(=O)c1cc(F)cc([N+](=O)[O-])c1. The Morgan fingerprint density at radius 3 is 2.65 bits per heavy atom. The summed E-state index contributed by atoms with van der Waals surface area (Å²) in [6.45, 7) is 3.48. The highest BCUT2D eigenvalue weighted by Gasteiger charge is 2.25. The third-order valence-corrected chi connectivity index (χ3v) is 3.21. The lowest BCUT2D eigenvalue weighted by atomic mass is 9.94. The summed E-state index contributed by atoms with van der Waals surface area (Å²) in [6.07, 6.45) is 0.906. The molecule has 2 N–H and O–H groups in total. The maximum absolute atomic E-state index is 13.3. The molecule has 0 saturated heterocycles. The monoisotopic (exact) mass is 284 g/mol. The molecule has 1 aromatic rings. The van der Waals surface area contributed by atoms with Crippen molar-refractivity contribution in [2.24, 2.45) is 0 Å². The fourth-order valence-corrected chi connectivity index (χ4v) is 1.73. The van der Waals surface area contributed by atoms with Crippen LogP contribution in [0.4, 0.5) is 10.1 Å². The fraction of sp³-hybridized carbons (Fsp3) is 0.462. The number of nitro benzene ring substituents is 1. The van der Waals surface area contributed by atoms with Crippen molar-refractivity contribution in [2.45, 2.75) is 32.2 Å². The first-order valence-corrected chi connectivity index (χ1v) is 6.19. The quantitative estimate of drug-likeness (QED) is 0.617. The number of nitro groups is 1. The molecule has 110 valence electrons. The van der Waals surface area contributed by atoms with Crippen LogP contribution in [0.2, 0.25) is 0 Å². The average Bonchev–Trinajstić information content (AvgIpc) is 2.38. The molecule has 1 atom stereocenters. The zero-order valence-electron chi connectivity index (χ0n) is 11.4. The van der Waals surface area contributed by atoms with Gasteiger partial charge in [-0.25, -0.2) is 4.39 Å². The van der Waals surface area contributed by atoms with Gasteiger partial charge in [0.2, 0.25) is 0 Å². The minimum atomic E-state index is -0.843. The molecule has 0 spiro atoms. The number of hydrogen-bond donors (Lipinski definition) is 2. The summed E-state index contributed by atoms with van der Waals surface area (Å²) in [5.74, 6) is -1.45. The van der Waals surface area contributed by atoms with Crippen LogP contribution in [0.5, 0.6) is 0 Å². The Bertz CT molecular complexity index is 521. The second kappa shape index (κ2) is 6.42. The molecule has 0 saturated carbocycles. The summed E-state index contributed by atoms with van der Waals surface area (Å²) in [4.78, 5) is 21.9. The van der Waals surface area contributed by atoms with E-state index in [9.17, 15) is 19.3 Å². The molecule has 1 amide bonds. The van der Waals surface area contributed by atoms with Crippen LogP contribution in [0.1, 0.15) is 37.0 Å². The molecular formula is C13H17FN2O4. The Hall–Kier alpha value is -2.02. The normalized spacial score (nSPS) is 13.6. The zero-order chi connectivity index (χ0) is 15.3. The molecule has 7 heteroatoms. The third kappa shape index (κ3) is 3.99. The highest BCUT2D eigenvalue weighted by atomic mass is 19.1. The van der Waals surface area contributed by atoms with Crippen molar-refractivity contribution in [1.29, 1.82) is 0 Å². The lowest BCUT2D eigenvalue weighted by Gasteiger charge is -2.29. The van der Waals surface area contributed by atoms with Gasteiger partial charge in [-0.1, -0.05) is 6.92 Å². The van der Waals surface area contributed by atoms with Crippen LogP contribution in [0.15, 0.2) is 18.2 Å². The summed E-state index contributed by atoms with van der Waals surface area (Å²) in [5.41, 5.74) is -1.24. The van der Waals surface area contributed by atoms with Gasteiger partial charge in [-0.15, -0.1) is 0 Å². The molecule has 1 aromatic carbocycles. The van der Waals surface area contributed by atoms with Crippen molar-refractivity contribution in [1.82, 2.24) is 5.32 Å². The van der Waals surface area contributed by atoms with Gasteiger partial charge in [0.05, 0.1) is 11.0 Å². The van der Waals surface area contributed by atoms with Gasteiger partial charge < -0.3 is 10.4 Å². The number of carbonyl (C=O) groups is 1. The molecule has 0 aliphatic rings. The van der Waals surface area contributed by atoms with E-state index in [0.29, 0.717) is 12.8 Å². The number of halogens is 1. The Labute approximate surface area is 115 Å². The van der Waals surface area contributed by atoms with E-state index in [0.717, 1.165) is 18.2 Å². The highest BCUT2D eigenvalue weighted by molar-refractivity contribution is 5.95. The number of carbonyl (C=O) groups excluding carboxylic acids is 1. The maximum Gasteiger partial charge on any atom is 0.273 e. The number of rotatable bonds is 6. The van der Waals surface area contributed by atoms with E-state index in [1.165, 1.54) is 0 Å². The molecule has 0 aliphatic carbocycles. The summed E-state index contributed by atoms with van der Waals surface area (Å²) >= 11 is 0. The molecule has 0 aromatic heterocycles. The first kappa shape index (κ1) is 16.0. The van der Waals surface area contributed by atoms with Crippen LogP contribution in [0, 0.1) is 15.9 Å². The van der Waals surface area contributed by atoms with Gasteiger partial charge >= 0.3 is 0 Å². The number of nitrogens with one attached hydrogen (secondary N) is 1. The smallest absolute Gasteiger partial charge is 0.273 e. The van der Waals surface area contributed by atoms with E-state index in [-0.39, 0.29) is 12.2 Å². The van der Waals surface area contributed by atoms with Crippen LogP contribution in [-0.4, -0.2) is 28.1 Å². The number of non-ortho nitro benzene ring substituents is 1. The summed E-state index contributed by atoms with van der Waals surface area (Å²) in [5, 5.41) is 22.3. The Balaban J connectivity index is 3.00. The van der Waals surface area contributed by atoms with Crippen LogP contribution < -0.4 is 5.32 Å². The van der Waals surface area contributed by atoms with E-state index < -0.39 is 27.9 Å². The predicted molar refractivity (Wildman–Crippen MR) is 70.9 cm³/mol. The number of hydrogen-bond acceptors (Lipinski definition) is 4. The van der Waals surface area contributed by atoms with Crippen molar-refractivity contribution in [3.8, 4) is 0 Å². The van der Waals surface area contributed by atoms with E-state index >= 15 is 0 Å². The molecule has 0 heterocycles. The van der Waals surface area contributed by atoms with Crippen molar-refractivity contribution in [2.75, 3.05) is 6.61 Å². The van der Waals surface area contributed by atoms with Crippen molar-refractivity contribution in [3.63, 3.8) is 0 Å². The second-order valence-electron chi connectivity index (χ2n) is 4.80. The van der Waals surface area contributed by atoms with Gasteiger partial charge in [0, 0.05) is 23.8 Å². The molecule has 20 heavy (non-hydrogen) atoms. The second-order valence-corrected chi connectivity index (χ2v) is 4.80. The zero-order valence-corrected chi connectivity index (χ0v) is 11.4. The molecular weight excluding hydrogens is 267 g/mol. The Kier molecular flexibility index (Phi) is 5.15. The van der Waals surface area contributed by atoms with Gasteiger partial charge in [-0.2, -0.15) is 0 Å². The first-order valence-electron chi connectivity index (χ1n) is 6.19. The molecule has 0 radical (unpaired) electrons. The van der Waals surface area contributed by atoms with Crippen molar-refractivity contribution in [3.05, 3.63) is 39.7 Å². The average molecular weight is 284 g/mol. The molecule has 6 nitrogen and oxygen atoms in total. The topological polar surface area (TPSA) is 92.5 Å². The van der Waals surface area contributed by atoms with E-state index in [4.69, 9.17) is 5.11 Å². The minimum Gasteiger partial charge on any atom is -0.396 e. The van der Waals surface area contributed by atoms with Gasteiger partial charge in [0.1, 0.15) is 5.82 Å². The number of aliphatic hydroxyl groups excluding tert-OH is 1. The summed E-state index contributed by atoms with van der Waals surface area (Å²) in [6, 6.07) is 2.72. The number of benzene rings is 1. The first-order chi connectivity index (χ1) is 9.31. The van der Waals surface area contributed by atoms with E-state index in [1.54, 1.807) is 6.92 Å². The largest absolute Gasteiger partial charge is 0.396 e. The van der Waals surface area contributed by atoms with Gasteiger partial charge in [0.15, 0.2) is 0 Å². The molecule has 0 bridgehead atoms. The third-order valence-electron chi connectivity index (χ3n) is 3.21. The van der Waals surface area contributed by atoms with Crippen molar-refractivity contribution < 1.29 is 19.2 Å². The van der Waals surface area contributed by atoms with Crippen LogP contribution in [0.25, 0.3) is 0 Å². The van der Waals surface area contributed by atoms with Crippen molar-refractivity contribution >= 4 is 11.6 Å². The van der Waals surface area contributed by atoms with Gasteiger partial charge in [-0.3, -0.25) is 14.9 Å². The molecule has 1 rings (SSSR count). The standard InChI is InChI=1S/C13H17FN2O4/c1-3-13(2,4-5-17)15-12(18)9-6-10(14)8-11(7-9)16(19)20/h6-8,17H,3-5H2,1-2H3,(H,15,18). The molecule has 0 fully saturated rings. The lowest BCUT2D eigenvalue weighted by molar-refractivity contribution is -0.385. The van der Waals surface area contributed by atoms with E-state index in [2.05, 4.69) is 5.32 Å². The van der Waals surface area contributed by atoms with Gasteiger partial charge in [0.25, 0.3) is 11.6 Å². The molecule has 0 aliphatic heterocycles. The van der Waals surface area contributed by atoms with E-state index in [1.807, 2.05) is 6.92 Å². The molecule has 1 unspecified atom stereocenters. The lowest BCUT2D eigenvalue weighted by Crippen LogP contribution is -2.46. The van der Waals surface area contributed by atoms with Crippen LogP contribution in [0.3, 0.4) is 0 Å². The van der Waals surface area contributed by atoms with Gasteiger partial charge in [-0.05, 0) is 25.8 Å². The fourth-order valence-electron chi connectivity index (χ4n) is 1.73. The Morgan fingerprint density at radius 1 is 1.50 bits per heavy atom. The highest BCUT2D eigenvalue weighted by Crippen LogP contribution is 2.19. The predicted octanol–water partition coefficient (Wildman–Crippen LogP) is 2.01. The number of amides is 1. The minimum absolute atomic E-state index is 0.103. The van der Waals surface area contributed by atoms with Crippen LogP contribution in [-0.2, 0) is 0 Å². The maximum atomic E-state index is 13.3. The Morgan fingerprint density at radius 2 is 2.15 bits per heavy atom. The summed E-state index contributed by atoms with van der Waals surface area (Å²) in [7, 11) is 0. The van der Waals surface area contributed by atoms with Crippen LogP contribution >= 0.6 is 0 Å². The number of nitrogens with zero attached hydrogens (tertiary/aromatic N) is 1.